The number of rotatable bonds is 4. The summed E-state index contributed by atoms with van der Waals surface area (Å²) in [7, 11) is 1.36. The molecule has 1 saturated heterocycles. The van der Waals surface area contributed by atoms with Crippen LogP contribution < -0.4 is 9.64 Å². The molecule has 2 rings (SSSR count). The van der Waals surface area contributed by atoms with Gasteiger partial charge in [-0.1, -0.05) is 0 Å². The Morgan fingerprint density at radius 3 is 2.71 bits per heavy atom. The monoisotopic (exact) mass is 294 g/mol. The summed E-state index contributed by atoms with van der Waals surface area (Å²) in [5.74, 6) is -1.10. The van der Waals surface area contributed by atoms with Crippen molar-refractivity contribution in [3.63, 3.8) is 0 Å². The van der Waals surface area contributed by atoms with E-state index < -0.39 is 10.9 Å². The molecule has 0 aromatic heterocycles. The number of ether oxygens (including phenoxy) is 1. The van der Waals surface area contributed by atoms with Gasteiger partial charge in [0.2, 0.25) is 0 Å². The van der Waals surface area contributed by atoms with Crippen LogP contribution in [0.2, 0.25) is 0 Å². The first kappa shape index (κ1) is 15.1. The fourth-order valence-electron chi connectivity index (χ4n) is 2.73. The van der Waals surface area contributed by atoms with Crippen LogP contribution in [0, 0.1) is 10.1 Å². The van der Waals surface area contributed by atoms with Crippen LogP contribution in [0.1, 0.15) is 36.5 Å². The number of carboxylic acid groups (broad SMARTS) is 1. The van der Waals surface area contributed by atoms with Gasteiger partial charge in [0.1, 0.15) is 17.0 Å². The summed E-state index contributed by atoms with van der Waals surface area (Å²) >= 11 is 0. The molecule has 1 aromatic carbocycles. The maximum Gasteiger partial charge on any atom is 0.339 e. The molecular weight excluding hydrogens is 276 g/mol. The van der Waals surface area contributed by atoms with Crippen molar-refractivity contribution in [1.82, 2.24) is 0 Å². The van der Waals surface area contributed by atoms with Crippen LogP contribution in [-0.4, -0.2) is 35.7 Å². The summed E-state index contributed by atoms with van der Waals surface area (Å²) in [4.78, 5) is 23.9. The Balaban J connectivity index is 2.57. The topological polar surface area (TPSA) is 92.9 Å². The third-order valence-electron chi connectivity index (χ3n) is 3.84. The first-order chi connectivity index (χ1) is 9.95. The molecular formula is C14H18N2O5. The van der Waals surface area contributed by atoms with E-state index in [1.807, 2.05) is 11.8 Å². The summed E-state index contributed by atoms with van der Waals surface area (Å²) < 4.78 is 5.08. The number of methoxy groups -OCH3 is 1. The zero-order valence-electron chi connectivity index (χ0n) is 12.0. The summed E-state index contributed by atoms with van der Waals surface area (Å²) in [5.41, 5.74) is 0.0358. The van der Waals surface area contributed by atoms with Gasteiger partial charge in [-0.25, -0.2) is 4.79 Å². The number of nitrogens with zero attached hydrogens (tertiary/aromatic N) is 2. The maximum atomic E-state index is 11.3. The first-order valence-electron chi connectivity index (χ1n) is 6.82. The Bertz CT molecular complexity index is 573. The number of hydrogen-bond donors (Lipinski definition) is 1. The number of carboxylic acids is 1. The molecule has 7 nitrogen and oxygen atoms in total. The molecule has 0 saturated carbocycles. The van der Waals surface area contributed by atoms with Gasteiger partial charge in [0.25, 0.3) is 5.69 Å². The number of piperidine rings is 1. The van der Waals surface area contributed by atoms with E-state index in [1.165, 1.54) is 13.2 Å². The first-order valence-corrected chi connectivity index (χ1v) is 6.82. The molecule has 114 valence electrons. The van der Waals surface area contributed by atoms with Crippen LogP contribution in [0.15, 0.2) is 12.1 Å². The third kappa shape index (κ3) is 2.91. The van der Waals surface area contributed by atoms with Gasteiger partial charge in [0, 0.05) is 24.7 Å². The minimum absolute atomic E-state index is 0.140. The molecule has 7 heteroatoms. The molecule has 1 N–H and O–H groups in total. The van der Waals surface area contributed by atoms with Crippen molar-refractivity contribution < 1.29 is 19.6 Å². The number of benzene rings is 1. The van der Waals surface area contributed by atoms with Gasteiger partial charge < -0.3 is 14.7 Å². The Morgan fingerprint density at radius 1 is 1.48 bits per heavy atom. The van der Waals surface area contributed by atoms with E-state index in [1.54, 1.807) is 0 Å². The van der Waals surface area contributed by atoms with Crippen LogP contribution in [0.4, 0.5) is 11.4 Å². The lowest BCUT2D eigenvalue weighted by atomic mass is 10.0. The lowest BCUT2D eigenvalue weighted by molar-refractivity contribution is -0.384. The second kappa shape index (κ2) is 5.99. The van der Waals surface area contributed by atoms with Gasteiger partial charge in [-0.05, 0) is 26.2 Å². The second-order valence-corrected chi connectivity index (χ2v) is 5.14. The van der Waals surface area contributed by atoms with Crippen molar-refractivity contribution in [2.75, 3.05) is 18.6 Å². The summed E-state index contributed by atoms with van der Waals surface area (Å²) in [6.45, 7) is 2.73. The molecule has 1 fully saturated rings. The third-order valence-corrected chi connectivity index (χ3v) is 3.84. The summed E-state index contributed by atoms with van der Waals surface area (Å²) in [6.07, 6.45) is 3.01. The molecule has 0 unspecified atom stereocenters. The largest absolute Gasteiger partial charge is 0.496 e. The molecule has 1 aliphatic heterocycles. The predicted molar refractivity (Wildman–Crippen MR) is 77.3 cm³/mol. The number of anilines is 1. The van der Waals surface area contributed by atoms with Crippen molar-refractivity contribution in [3.8, 4) is 5.75 Å². The number of aromatic carboxylic acids is 1. The van der Waals surface area contributed by atoms with E-state index in [-0.39, 0.29) is 23.0 Å². The molecule has 1 aliphatic rings. The van der Waals surface area contributed by atoms with Gasteiger partial charge >= 0.3 is 5.97 Å². The number of nitro benzene ring substituents is 1. The molecule has 1 atom stereocenters. The van der Waals surface area contributed by atoms with Gasteiger partial charge in [0.15, 0.2) is 0 Å². The van der Waals surface area contributed by atoms with Crippen molar-refractivity contribution in [2.45, 2.75) is 32.2 Å². The van der Waals surface area contributed by atoms with Gasteiger partial charge in [-0.15, -0.1) is 0 Å². The highest BCUT2D eigenvalue weighted by Gasteiger charge is 2.29. The average Bonchev–Trinajstić information content (AvgIpc) is 2.46. The highest BCUT2D eigenvalue weighted by atomic mass is 16.6. The van der Waals surface area contributed by atoms with E-state index in [9.17, 15) is 14.9 Å². The standard InChI is InChI=1S/C14H18N2O5/c1-9-5-3-4-6-15(9)11-8-13(21-2)10(14(17)18)7-12(11)16(19)20/h7-9H,3-6H2,1-2H3,(H,17,18)/t9-/m0/s1. The van der Waals surface area contributed by atoms with E-state index in [2.05, 4.69) is 0 Å². The van der Waals surface area contributed by atoms with Crippen LogP contribution in [0.25, 0.3) is 0 Å². The molecule has 0 spiro atoms. The van der Waals surface area contributed by atoms with Crippen molar-refractivity contribution >= 4 is 17.3 Å². The van der Waals surface area contributed by atoms with Crippen LogP contribution in [0.3, 0.4) is 0 Å². The van der Waals surface area contributed by atoms with Crippen molar-refractivity contribution in [2.24, 2.45) is 0 Å². The highest BCUT2D eigenvalue weighted by Crippen LogP contribution is 2.38. The van der Waals surface area contributed by atoms with Gasteiger partial charge in [-0.2, -0.15) is 0 Å². The summed E-state index contributed by atoms with van der Waals surface area (Å²) in [6, 6.07) is 2.72. The van der Waals surface area contributed by atoms with Crippen molar-refractivity contribution in [1.29, 1.82) is 0 Å². The van der Waals surface area contributed by atoms with E-state index in [0.717, 1.165) is 31.9 Å². The fraction of sp³-hybridized carbons (Fsp3) is 0.500. The zero-order chi connectivity index (χ0) is 15.6. The molecule has 1 heterocycles. The minimum Gasteiger partial charge on any atom is -0.496 e. The van der Waals surface area contributed by atoms with Gasteiger partial charge in [-0.3, -0.25) is 10.1 Å². The minimum atomic E-state index is -1.24. The van der Waals surface area contributed by atoms with E-state index in [4.69, 9.17) is 9.84 Å². The molecule has 0 radical (unpaired) electrons. The maximum absolute atomic E-state index is 11.3. The molecule has 0 aliphatic carbocycles. The van der Waals surface area contributed by atoms with Crippen LogP contribution >= 0.6 is 0 Å². The second-order valence-electron chi connectivity index (χ2n) is 5.14. The smallest absolute Gasteiger partial charge is 0.339 e. The Kier molecular flexibility index (Phi) is 4.30. The van der Waals surface area contributed by atoms with Crippen molar-refractivity contribution in [3.05, 3.63) is 27.8 Å². The highest BCUT2D eigenvalue weighted by molar-refractivity contribution is 5.93. The molecule has 21 heavy (non-hydrogen) atoms. The fourth-order valence-corrected chi connectivity index (χ4v) is 2.73. The summed E-state index contributed by atoms with van der Waals surface area (Å²) in [5, 5.41) is 20.4. The number of carbonyl (C=O) groups is 1. The van der Waals surface area contributed by atoms with Crippen LogP contribution in [-0.2, 0) is 0 Å². The average molecular weight is 294 g/mol. The Hall–Kier alpha value is -2.31. The molecule has 0 bridgehead atoms. The van der Waals surface area contributed by atoms with E-state index in [0.29, 0.717) is 5.69 Å². The molecule has 0 amide bonds. The normalized spacial score (nSPS) is 18.4. The van der Waals surface area contributed by atoms with Gasteiger partial charge in [0.05, 0.1) is 12.0 Å². The number of nitro groups is 1. The predicted octanol–water partition coefficient (Wildman–Crippen LogP) is 2.68. The quantitative estimate of drug-likeness (QED) is 0.678. The van der Waals surface area contributed by atoms with Crippen LogP contribution in [0.5, 0.6) is 5.75 Å². The lowest BCUT2D eigenvalue weighted by Crippen LogP contribution is -2.37. The number of hydrogen-bond acceptors (Lipinski definition) is 5. The Labute approximate surface area is 122 Å². The SMILES string of the molecule is COc1cc(N2CCCC[C@@H]2C)c([N+](=O)[O-])cc1C(=O)O. The molecule has 1 aromatic rings. The van der Waals surface area contributed by atoms with E-state index >= 15 is 0 Å². The lowest BCUT2D eigenvalue weighted by Gasteiger charge is -2.35. The Morgan fingerprint density at radius 2 is 2.19 bits per heavy atom. The zero-order valence-corrected chi connectivity index (χ0v) is 12.0.